The first-order chi connectivity index (χ1) is 13.8. The molecule has 2 atom stereocenters. The second-order valence-corrected chi connectivity index (χ2v) is 7.61. The lowest BCUT2D eigenvalue weighted by molar-refractivity contribution is -0.134. The largest absolute Gasteiger partial charge is 0.370 e. The van der Waals surface area contributed by atoms with Gasteiger partial charge in [0.1, 0.15) is 6.61 Å². The van der Waals surface area contributed by atoms with E-state index in [1.54, 1.807) is 26.5 Å². The van der Waals surface area contributed by atoms with Crippen LogP contribution in [0.4, 0.5) is 5.69 Å². The summed E-state index contributed by atoms with van der Waals surface area (Å²) >= 11 is 0. The molecule has 3 rings (SSSR count). The molecular formula is C19H29N7O3. The lowest BCUT2D eigenvalue weighted by Gasteiger charge is -2.24. The summed E-state index contributed by atoms with van der Waals surface area (Å²) in [6.07, 6.45) is 6.14. The first-order valence-electron chi connectivity index (χ1n) is 9.64. The van der Waals surface area contributed by atoms with Crippen molar-refractivity contribution in [3.8, 4) is 0 Å². The standard InChI is InChI=1S/C19H29N7O3/c1-14(27)22-15-8-21-26(9-15)17-7-18(12-29-13-19(28)23(2)3)25(11-17)10-16-5-6-20-24(16)4/h5-6,8-9,17-18H,7,10-13H2,1-4H3,(H,22,27)/t17-,18-/m0/s1. The average molecular weight is 403 g/mol. The molecule has 10 nitrogen and oxygen atoms in total. The monoisotopic (exact) mass is 403 g/mol. The highest BCUT2D eigenvalue weighted by Crippen LogP contribution is 2.29. The van der Waals surface area contributed by atoms with Gasteiger partial charge in [-0.1, -0.05) is 0 Å². The second-order valence-electron chi connectivity index (χ2n) is 7.61. The van der Waals surface area contributed by atoms with Crippen LogP contribution in [-0.2, 0) is 27.9 Å². The number of ether oxygens (including phenoxy) is 1. The molecule has 1 fully saturated rings. The minimum absolute atomic E-state index is 0.0512. The number of hydrogen-bond donors (Lipinski definition) is 1. The molecule has 1 N–H and O–H groups in total. The highest BCUT2D eigenvalue weighted by Gasteiger charge is 2.34. The molecule has 0 bridgehead atoms. The fourth-order valence-electron chi connectivity index (χ4n) is 3.50. The van der Waals surface area contributed by atoms with Crippen molar-refractivity contribution in [3.63, 3.8) is 0 Å². The summed E-state index contributed by atoms with van der Waals surface area (Å²) in [7, 11) is 5.37. The fraction of sp³-hybridized carbons (Fsp3) is 0.579. The molecule has 0 saturated carbocycles. The zero-order valence-electron chi connectivity index (χ0n) is 17.4. The van der Waals surface area contributed by atoms with Gasteiger partial charge in [0, 0.05) is 59.6 Å². The quantitative estimate of drug-likeness (QED) is 0.689. The number of amides is 2. The van der Waals surface area contributed by atoms with Crippen molar-refractivity contribution in [2.45, 2.75) is 32.0 Å². The fourth-order valence-corrected chi connectivity index (χ4v) is 3.50. The number of likely N-dealkylation sites (N-methyl/N-ethyl adjacent to an activating group) is 1. The molecule has 0 unspecified atom stereocenters. The SMILES string of the molecule is CC(=O)Nc1cnn([C@H]2C[C@@H](COCC(=O)N(C)C)N(Cc3ccnn3C)C2)c1. The van der Waals surface area contributed by atoms with Gasteiger partial charge in [0.25, 0.3) is 0 Å². The summed E-state index contributed by atoms with van der Waals surface area (Å²) in [5, 5.41) is 11.4. The zero-order chi connectivity index (χ0) is 21.0. The number of likely N-dealkylation sites (tertiary alicyclic amines) is 1. The zero-order valence-corrected chi connectivity index (χ0v) is 17.4. The van der Waals surface area contributed by atoms with Gasteiger partial charge < -0.3 is 15.0 Å². The Morgan fingerprint density at radius 2 is 2.14 bits per heavy atom. The Labute approximate surface area is 170 Å². The number of hydrogen-bond acceptors (Lipinski definition) is 6. The van der Waals surface area contributed by atoms with Crippen molar-refractivity contribution in [3.05, 3.63) is 30.4 Å². The van der Waals surface area contributed by atoms with E-state index in [2.05, 4.69) is 20.4 Å². The van der Waals surface area contributed by atoms with Crippen LogP contribution in [0.15, 0.2) is 24.7 Å². The van der Waals surface area contributed by atoms with Crippen LogP contribution in [-0.4, -0.2) is 81.1 Å². The van der Waals surface area contributed by atoms with Gasteiger partial charge in [-0.3, -0.25) is 23.9 Å². The Bertz CT molecular complexity index is 844. The van der Waals surface area contributed by atoms with E-state index >= 15 is 0 Å². The summed E-state index contributed by atoms with van der Waals surface area (Å²) in [5.74, 6) is -0.171. The van der Waals surface area contributed by atoms with E-state index in [-0.39, 0.29) is 30.5 Å². The van der Waals surface area contributed by atoms with Crippen molar-refractivity contribution in [1.82, 2.24) is 29.4 Å². The van der Waals surface area contributed by atoms with Crippen molar-refractivity contribution < 1.29 is 14.3 Å². The van der Waals surface area contributed by atoms with Crippen molar-refractivity contribution in [1.29, 1.82) is 0 Å². The lowest BCUT2D eigenvalue weighted by atomic mass is 10.2. The lowest BCUT2D eigenvalue weighted by Crippen LogP contribution is -2.35. The molecule has 29 heavy (non-hydrogen) atoms. The Morgan fingerprint density at radius 1 is 1.34 bits per heavy atom. The van der Waals surface area contributed by atoms with E-state index in [9.17, 15) is 9.59 Å². The van der Waals surface area contributed by atoms with Crippen LogP contribution >= 0.6 is 0 Å². The van der Waals surface area contributed by atoms with E-state index in [1.807, 2.05) is 28.7 Å². The number of carbonyl (C=O) groups excluding carboxylic acids is 2. The molecule has 0 spiro atoms. The van der Waals surface area contributed by atoms with E-state index in [1.165, 1.54) is 11.8 Å². The van der Waals surface area contributed by atoms with Crippen molar-refractivity contribution >= 4 is 17.5 Å². The Morgan fingerprint density at radius 3 is 2.79 bits per heavy atom. The summed E-state index contributed by atoms with van der Waals surface area (Å²) in [5.41, 5.74) is 1.80. The van der Waals surface area contributed by atoms with E-state index in [4.69, 9.17) is 4.74 Å². The number of nitrogens with zero attached hydrogens (tertiary/aromatic N) is 6. The minimum atomic E-state index is -0.120. The van der Waals surface area contributed by atoms with Gasteiger partial charge in [0.05, 0.1) is 30.2 Å². The Balaban J connectivity index is 1.67. The normalized spacial score (nSPS) is 19.4. The van der Waals surface area contributed by atoms with Gasteiger partial charge in [0.15, 0.2) is 0 Å². The van der Waals surface area contributed by atoms with E-state index < -0.39 is 0 Å². The summed E-state index contributed by atoms with van der Waals surface area (Å²) in [6, 6.07) is 2.31. The van der Waals surface area contributed by atoms with Crippen LogP contribution in [0.25, 0.3) is 0 Å². The van der Waals surface area contributed by atoms with Crippen LogP contribution in [0.2, 0.25) is 0 Å². The third kappa shape index (κ3) is 5.42. The second kappa shape index (κ2) is 9.19. The molecule has 0 aromatic carbocycles. The van der Waals surface area contributed by atoms with Crippen LogP contribution in [0.5, 0.6) is 0 Å². The molecule has 2 aromatic rings. The van der Waals surface area contributed by atoms with Crippen LogP contribution in [0, 0.1) is 0 Å². The predicted octanol–water partition coefficient (Wildman–Crippen LogP) is 0.495. The Kier molecular flexibility index (Phi) is 6.65. The molecule has 0 radical (unpaired) electrons. The predicted molar refractivity (Wildman–Crippen MR) is 107 cm³/mol. The van der Waals surface area contributed by atoms with Crippen molar-refractivity contribution in [2.24, 2.45) is 7.05 Å². The summed E-state index contributed by atoms with van der Waals surface area (Å²) in [4.78, 5) is 26.9. The maximum Gasteiger partial charge on any atom is 0.248 e. The first-order valence-corrected chi connectivity index (χ1v) is 9.64. The molecule has 1 saturated heterocycles. The summed E-state index contributed by atoms with van der Waals surface area (Å²) in [6.45, 7) is 3.55. The van der Waals surface area contributed by atoms with E-state index in [0.717, 1.165) is 25.2 Å². The topological polar surface area (TPSA) is 97.5 Å². The third-order valence-corrected chi connectivity index (χ3v) is 5.12. The number of nitrogens with one attached hydrogen (secondary N) is 1. The molecule has 1 aliphatic heterocycles. The molecule has 158 valence electrons. The van der Waals surface area contributed by atoms with Crippen LogP contribution in [0.3, 0.4) is 0 Å². The molecule has 2 amide bonds. The number of carbonyl (C=O) groups is 2. The van der Waals surface area contributed by atoms with Gasteiger partial charge in [-0.05, 0) is 12.5 Å². The third-order valence-electron chi connectivity index (χ3n) is 5.12. The van der Waals surface area contributed by atoms with Gasteiger partial charge >= 0.3 is 0 Å². The molecule has 1 aliphatic rings. The minimum Gasteiger partial charge on any atom is -0.370 e. The number of anilines is 1. The number of rotatable bonds is 8. The van der Waals surface area contributed by atoms with Gasteiger partial charge in [0.2, 0.25) is 11.8 Å². The summed E-state index contributed by atoms with van der Waals surface area (Å²) < 4.78 is 9.48. The maximum atomic E-state index is 11.8. The molecular weight excluding hydrogens is 374 g/mol. The first kappa shape index (κ1) is 21.0. The Hall–Kier alpha value is -2.72. The molecule has 0 aliphatic carbocycles. The average Bonchev–Trinajstić information content (AvgIpc) is 3.36. The maximum absolute atomic E-state index is 11.8. The van der Waals surface area contributed by atoms with Gasteiger partial charge in [-0.15, -0.1) is 0 Å². The van der Waals surface area contributed by atoms with Crippen LogP contribution < -0.4 is 5.32 Å². The van der Waals surface area contributed by atoms with Crippen LogP contribution in [0.1, 0.15) is 25.1 Å². The molecule has 10 heteroatoms. The van der Waals surface area contributed by atoms with Gasteiger partial charge in [-0.25, -0.2) is 0 Å². The molecule has 2 aromatic heterocycles. The van der Waals surface area contributed by atoms with Gasteiger partial charge in [-0.2, -0.15) is 10.2 Å². The smallest absolute Gasteiger partial charge is 0.248 e. The number of aryl methyl sites for hydroxylation is 1. The number of aromatic nitrogens is 4. The van der Waals surface area contributed by atoms with E-state index in [0.29, 0.717) is 12.3 Å². The van der Waals surface area contributed by atoms with Crippen molar-refractivity contribution in [2.75, 3.05) is 39.2 Å². The highest BCUT2D eigenvalue weighted by atomic mass is 16.5. The highest BCUT2D eigenvalue weighted by molar-refractivity contribution is 5.88. The molecule has 3 heterocycles.